The fourth-order valence-electron chi connectivity index (χ4n) is 2.61. The van der Waals surface area contributed by atoms with Crippen LogP contribution >= 0.6 is 12.4 Å². The van der Waals surface area contributed by atoms with Crippen molar-refractivity contribution in [2.24, 2.45) is 5.92 Å². The van der Waals surface area contributed by atoms with Crippen LogP contribution in [-0.4, -0.2) is 25.5 Å². The fourth-order valence-corrected chi connectivity index (χ4v) is 2.61. The molecule has 21 heavy (non-hydrogen) atoms. The van der Waals surface area contributed by atoms with Crippen molar-refractivity contribution in [1.29, 1.82) is 0 Å². The van der Waals surface area contributed by atoms with Gasteiger partial charge in [-0.3, -0.25) is 4.79 Å². The smallest absolute Gasteiger partial charge is 0.224 e. The van der Waals surface area contributed by atoms with Crippen LogP contribution in [0.25, 0.3) is 0 Å². The Balaban J connectivity index is 0.00000400. The van der Waals surface area contributed by atoms with E-state index < -0.39 is 0 Å². The van der Waals surface area contributed by atoms with Gasteiger partial charge in [0.2, 0.25) is 5.91 Å². The second-order valence-corrected chi connectivity index (χ2v) is 6.32. The zero-order valence-corrected chi connectivity index (χ0v) is 14.6. The molecule has 1 aromatic rings. The predicted molar refractivity (Wildman–Crippen MR) is 92.0 cm³/mol. The number of halogens is 1. The highest BCUT2D eigenvalue weighted by Gasteiger charge is 2.24. The Hall–Kier alpha value is -1.06. The zero-order chi connectivity index (χ0) is 15.2. The minimum absolute atomic E-state index is 0. The van der Waals surface area contributed by atoms with Crippen molar-refractivity contribution in [3.8, 4) is 0 Å². The number of rotatable bonds is 7. The Morgan fingerprint density at radius 3 is 2.29 bits per heavy atom. The lowest BCUT2D eigenvalue weighted by molar-refractivity contribution is -0.125. The summed E-state index contributed by atoms with van der Waals surface area (Å²) in [6.45, 7) is 9.18. The average Bonchev–Trinajstić information content (AvgIpc) is 2.39. The van der Waals surface area contributed by atoms with Gasteiger partial charge < -0.3 is 10.6 Å². The first-order valence-corrected chi connectivity index (χ1v) is 7.37. The molecule has 0 saturated carbocycles. The average molecular weight is 313 g/mol. The highest BCUT2D eigenvalue weighted by atomic mass is 35.5. The first-order valence-electron chi connectivity index (χ1n) is 7.37. The lowest BCUT2D eigenvalue weighted by atomic mass is 9.79. The summed E-state index contributed by atoms with van der Waals surface area (Å²) in [6, 6.07) is 10.6. The third kappa shape index (κ3) is 6.49. The van der Waals surface area contributed by atoms with Crippen molar-refractivity contribution >= 4 is 18.3 Å². The topological polar surface area (TPSA) is 41.1 Å². The SMILES string of the molecule is CNCC(C)C(=O)NC(C)CC(C)(C)c1ccccc1.Cl. The molecular weight excluding hydrogens is 284 g/mol. The Kier molecular flexibility index (Phi) is 8.60. The number of carbonyl (C=O) groups excluding carboxylic acids is 1. The molecule has 3 nitrogen and oxygen atoms in total. The molecule has 1 rings (SSSR count). The van der Waals surface area contributed by atoms with Crippen molar-refractivity contribution in [2.45, 2.75) is 45.6 Å². The molecule has 4 heteroatoms. The summed E-state index contributed by atoms with van der Waals surface area (Å²) >= 11 is 0. The van der Waals surface area contributed by atoms with E-state index in [0.29, 0.717) is 6.54 Å². The Morgan fingerprint density at radius 1 is 1.19 bits per heavy atom. The summed E-state index contributed by atoms with van der Waals surface area (Å²) in [7, 11) is 1.87. The Bertz CT molecular complexity index is 420. The summed E-state index contributed by atoms with van der Waals surface area (Å²) in [5, 5.41) is 6.15. The number of amides is 1. The van der Waals surface area contributed by atoms with Gasteiger partial charge in [-0.1, -0.05) is 51.1 Å². The Morgan fingerprint density at radius 2 is 1.76 bits per heavy atom. The van der Waals surface area contributed by atoms with Gasteiger partial charge in [-0.25, -0.2) is 0 Å². The van der Waals surface area contributed by atoms with Gasteiger partial charge in [0.1, 0.15) is 0 Å². The minimum Gasteiger partial charge on any atom is -0.353 e. The number of nitrogens with one attached hydrogen (secondary N) is 2. The van der Waals surface area contributed by atoms with E-state index in [1.165, 1.54) is 5.56 Å². The number of carbonyl (C=O) groups is 1. The molecule has 0 aliphatic rings. The highest BCUT2D eigenvalue weighted by molar-refractivity contribution is 5.85. The fraction of sp³-hybridized carbons (Fsp3) is 0.588. The maximum absolute atomic E-state index is 12.0. The van der Waals surface area contributed by atoms with Crippen LogP contribution in [0.3, 0.4) is 0 Å². The van der Waals surface area contributed by atoms with E-state index in [4.69, 9.17) is 0 Å². The Labute approximate surface area is 135 Å². The van der Waals surface area contributed by atoms with E-state index in [1.54, 1.807) is 0 Å². The van der Waals surface area contributed by atoms with Crippen LogP contribution in [0.4, 0.5) is 0 Å². The van der Waals surface area contributed by atoms with Crippen LogP contribution in [-0.2, 0) is 10.2 Å². The van der Waals surface area contributed by atoms with E-state index >= 15 is 0 Å². The van der Waals surface area contributed by atoms with Gasteiger partial charge in [-0.05, 0) is 31.4 Å². The van der Waals surface area contributed by atoms with Crippen molar-refractivity contribution in [3.05, 3.63) is 35.9 Å². The molecule has 2 atom stereocenters. The number of hydrogen-bond acceptors (Lipinski definition) is 2. The monoisotopic (exact) mass is 312 g/mol. The molecular formula is C17H29ClN2O. The zero-order valence-electron chi connectivity index (χ0n) is 13.8. The summed E-state index contributed by atoms with van der Waals surface area (Å²) in [5.74, 6) is 0.123. The standard InChI is InChI=1S/C17H28N2O.ClH/c1-13(12-18-5)16(20)19-14(2)11-17(3,4)15-9-7-6-8-10-15;/h6-10,13-14,18H,11-12H2,1-5H3,(H,19,20);1H. The van der Waals surface area contributed by atoms with Crippen molar-refractivity contribution in [2.75, 3.05) is 13.6 Å². The molecule has 2 N–H and O–H groups in total. The van der Waals surface area contributed by atoms with Crippen LogP contribution in [0.2, 0.25) is 0 Å². The molecule has 1 amide bonds. The first-order chi connectivity index (χ1) is 9.36. The van der Waals surface area contributed by atoms with Gasteiger partial charge in [0.15, 0.2) is 0 Å². The molecule has 0 heterocycles. The van der Waals surface area contributed by atoms with Crippen LogP contribution in [0.15, 0.2) is 30.3 Å². The maximum atomic E-state index is 12.0. The second-order valence-electron chi connectivity index (χ2n) is 6.32. The number of benzene rings is 1. The molecule has 2 unspecified atom stereocenters. The minimum atomic E-state index is 0. The molecule has 0 fully saturated rings. The van der Waals surface area contributed by atoms with Gasteiger partial charge in [-0.15, -0.1) is 12.4 Å². The highest BCUT2D eigenvalue weighted by Crippen LogP contribution is 2.28. The van der Waals surface area contributed by atoms with Crippen LogP contribution in [0, 0.1) is 5.92 Å². The second kappa shape index (κ2) is 9.06. The predicted octanol–water partition coefficient (Wildman–Crippen LogP) is 3.14. The quantitative estimate of drug-likeness (QED) is 0.812. The van der Waals surface area contributed by atoms with Gasteiger partial charge >= 0.3 is 0 Å². The van der Waals surface area contributed by atoms with E-state index in [9.17, 15) is 4.79 Å². The molecule has 0 bridgehead atoms. The maximum Gasteiger partial charge on any atom is 0.224 e. The van der Waals surface area contributed by atoms with Gasteiger partial charge in [-0.2, -0.15) is 0 Å². The molecule has 0 aromatic heterocycles. The molecule has 120 valence electrons. The summed E-state index contributed by atoms with van der Waals surface area (Å²) in [4.78, 5) is 12.0. The van der Waals surface area contributed by atoms with E-state index in [-0.39, 0.29) is 35.7 Å². The first kappa shape index (κ1) is 19.9. The lowest BCUT2D eigenvalue weighted by Crippen LogP contribution is -2.41. The van der Waals surface area contributed by atoms with Crippen LogP contribution < -0.4 is 10.6 Å². The van der Waals surface area contributed by atoms with Crippen molar-refractivity contribution in [3.63, 3.8) is 0 Å². The van der Waals surface area contributed by atoms with Crippen LogP contribution in [0.5, 0.6) is 0 Å². The normalized spacial score (nSPS) is 14.0. The summed E-state index contributed by atoms with van der Waals surface area (Å²) in [5.41, 5.74) is 1.37. The van der Waals surface area contributed by atoms with E-state index in [0.717, 1.165) is 6.42 Å². The van der Waals surface area contributed by atoms with Crippen molar-refractivity contribution < 1.29 is 4.79 Å². The lowest BCUT2D eigenvalue weighted by Gasteiger charge is -2.29. The molecule has 0 aliphatic carbocycles. The van der Waals surface area contributed by atoms with Gasteiger partial charge in [0.05, 0.1) is 0 Å². The molecule has 0 saturated heterocycles. The van der Waals surface area contributed by atoms with Crippen molar-refractivity contribution in [1.82, 2.24) is 10.6 Å². The molecule has 0 radical (unpaired) electrons. The van der Waals surface area contributed by atoms with E-state index in [1.807, 2.05) is 20.0 Å². The summed E-state index contributed by atoms with van der Waals surface area (Å²) < 4.78 is 0. The van der Waals surface area contributed by atoms with E-state index in [2.05, 4.69) is 55.7 Å². The molecule has 0 aliphatic heterocycles. The van der Waals surface area contributed by atoms with Crippen LogP contribution in [0.1, 0.15) is 39.7 Å². The molecule has 0 spiro atoms. The summed E-state index contributed by atoms with van der Waals surface area (Å²) in [6.07, 6.45) is 0.926. The van der Waals surface area contributed by atoms with Gasteiger partial charge in [0.25, 0.3) is 0 Å². The largest absolute Gasteiger partial charge is 0.353 e. The van der Waals surface area contributed by atoms with Gasteiger partial charge in [0, 0.05) is 18.5 Å². The molecule has 1 aromatic carbocycles. The third-order valence-electron chi connectivity index (χ3n) is 3.72. The number of hydrogen-bond donors (Lipinski definition) is 2. The third-order valence-corrected chi connectivity index (χ3v) is 3.72.